The van der Waals surface area contributed by atoms with Gasteiger partial charge in [0, 0.05) is 0 Å². The molecule has 10 aromatic carbocycles. The normalized spacial score (nSPS) is 11.5. The number of hydrogen-bond acceptors (Lipinski definition) is 0. The standard InChI is InChI=1S/C52H34/c1-3-16-35(17-4-1)37-21-15-22-38(32-37)42-31-30-40(34-49(42)50-33-39-20-7-8-23-41(39)43-24-9-10-25-44(43)50)52-47-28-13-11-26-45(47)51(36-18-5-2-6-19-36)46-27-12-14-29-48(46)52/h1-34H. The molecule has 0 saturated carbocycles. The van der Waals surface area contributed by atoms with Crippen molar-refractivity contribution in [1.29, 1.82) is 0 Å². The van der Waals surface area contributed by atoms with Crippen LogP contribution in [0.15, 0.2) is 206 Å². The van der Waals surface area contributed by atoms with Crippen molar-refractivity contribution in [1.82, 2.24) is 0 Å². The first kappa shape index (κ1) is 30.1. The maximum absolute atomic E-state index is 2.46. The van der Waals surface area contributed by atoms with Crippen LogP contribution in [0.4, 0.5) is 0 Å². The van der Waals surface area contributed by atoms with Gasteiger partial charge in [-0.3, -0.25) is 0 Å². The van der Waals surface area contributed by atoms with E-state index in [-0.39, 0.29) is 0 Å². The number of hydrogen-bond donors (Lipinski definition) is 0. The molecule has 0 saturated heterocycles. The fourth-order valence-corrected chi connectivity index (χ4v) is 8.30. The molecular formula is C52H34. The summed E-state index contributed by atoms with van der Waals surface area (Å²) in [7, 11) is 0. The summed E-state index contributed by atoms with van der Waals surface area (Å²) in [6.07, 6.45) is 0. The Bertz CT molecular complexity index is 2880. The van der Waals surface area contributed by atoms with Crippen LogP contribution in [0, 0.1) is 0 Å². The van der Waals surface area contributed by atoms with Gasteiger partial charge in [-0.05, 0) is 117 Å². The molecule has 0 unspecified atom stereocenters. The van der Waals surface area contributed by atoms with E-state index in [1.807, 2.05) is 0 Å². The lowest BCUT2D eigenvalue weighted by atomic mass is 9.83. The lowest BCUT2D eigenvalue weighted by Gasteiger charge is -2.20. The Morgan fingerprint density at radius 2 is 0.673 bits per heavy atom. The van der Waals surface area contributed by atoms with E-state index in [2.05, 4.69) is 206 Å². The maximum atomic E-state index is 2.46. The largest absolute Gasteiger partial charge is 0.0622 e. The fraction of sp³-hybridized carbons (Fsp3) is 0. The molecule has 0 fully saturated rings. The van der Waals surface area contributed by atoms with Crippen molar-refractivity contribution in [2.75, 3.05) is 0 Å². The Kier molecular flexibility index (Phi) is 7.25. The average molecular weight is 659 g/mol. The second kappa shape index (κ2) is 12.5. The molecule has 10 rings (SSSR count). The van der Waals surface area contributed by atoms with Gasteiger partial charge in [-0.15, -0.1) is 0 Å². The summed E-state index contributed by atoms with van der Waals surface area (Å²) in [5.74, 6) is 0. The predicted octanol–water partition coefficient (Wildman–Crippen LogP) is 14.6. The molecule has 0 amide bonds. The van der Waals surface area contributed by atoms with Gasteiger partial charge in [0.2, 0.25) is 0 Å². The molecule has 0 atom stereocenters. The molecule has 0 heteroatoms. The third-order valence-electron chi connectivity index (χ3n) is 10.6. The molecule has 0 nitrogen and oxygen atoms in total. The average Bonchev–Trinajstić information content (AvgIpc) is 3.23. The summed E-state index contributed by atoms with van der Waals surface area (Å²) in [4.78, 5) is 0. The number of rotatable bonds is 5. The van der Waals surface area contributed by atoms with E-state index in [1.54, 1.807) is 0 Å². The summed E-state index contributed by atoms with van der Waals surface area (Å²) in [6, 6.07) is 75.6. The van der Waals surface area contributed by atoms with Gasteiger partial charge in [0.15, 0.2) is 0 Å². The predicted molar refractivity (Wildman–Crippen MR) is 224 cm³/mol. The molecule has 0 aliphatic rings. The van der Waals surface area contributed by atoms with Crippen molar-refractivity contribution >= 4 is 43.1 Å². The van der Waals surface area contributed by atoms with Crippen LogP contribution in [-0.2, 0) is 0 Å². The summed E-state index contributed by atoms with van der Waals surface area (Å²) in [5.41, 5.74) is 12.3. The highest BCUT2D eigenvalue weighted by Crippen LogP contribution is 2.47. The van der Waals surface area contributed by atoms with Gasteiger partial charge in [-0.2, -0.15) is 0 Å². The number of benzene rings is 10. The summed E-state index contributed by atoms with van der Waals surface area (Å²) in [6.45, 7) is 0. The van der Waals surface area contributed by atoms with Crippen molar-refractivity contribution in [2.45, 2.75) is 0 Å². The second-order valence-corrected chi connectivity index (χ2v) is 13.6. The fourth-order valence-electron chi connectivity index (χ4n) is 8.30. The molecule has 0 aromatic heterocycles. The van der Waals surface area contributed by atoms with E-state index in [0.717, 1.165) is 0 Å². The molecule has 0 aliphatic heterocycles. The van der Waals surface area contributed by atoms with Gasteiger partial charge in [-0.25, -0.2) is 0 Å². The molecule has 0 spiro atoms. The van der Waals surface area contributed by atoms with Gasteiger partial charge in [0.25, 0.3) is 0 Å². The molecule has 242 valence electrons. The highest BCUT2D eigenvalue weighted by molar-refractivity contribution is 6.22. The minimum absolute atomic E-state index is 1.20. The van der Waals surface area contributed by atoms with E-state index < -0.39 is 0 Å². The molecule has 0 N–H and O–H groups in total. The van der Waals surface area contributed by atoms with Crippen molar-refractivity contribution in [3.05, 3.63) is 206 Å². The van der Waals surface area contributed by atoms with Crippen molar-refractivity contribution < 1.29 is 0 Å². The second-order valence-electron chi connectivity index (χ2n) is 13.6. The zero-order valence-electron chi connectivity index (χ0n) is 28.6. The van der Waals surface area contributed by atoms with Crippen molar-refractivity contribution in [3.8, 4) is 55.6 Å². The van der Waals surface area contributed by atoms with Crippen LogP contribution in [0.3, 0.4) is 0 Å². The molecule has 0 radical (unpaired) electrons. The Morgan fingerprint density at radius 1 is 0.192 bits per heavy atom. The minimum Gasteiger partial charge on any atom is -0.0622 e. The van der Waals surface area contributed by atoms with Gasteiger partial charge in [0.1, 0.15) is 0 Å². The molecule has 0 heterocycles. The van der Waals surface area contributed by atoms with Crippen molar-refractivity contribution in [2.24, 2.45) is 0 Å². The summed E-state index contributed by atoms with van der Waals surface area (Å²) in [5, 5.41) is 10.1. The molecule has 0 bridgehead atoms. The first-order valence-electron chi connectivity index (χ1n) is 18.0. The Labute approximate surface area is 303 Å². The lowest BCUT2D eigenvalue weighted by molar-refractivity contribution is 1.58. The summed E-state index contributed by atoms with van der Waals surface area (Å²) >= 11 is 0. The first-order chi connectivity index (χ1) is 25.8. The highest BCUT2D eigenvalue weighted by atomic mass is 14.2. The molecule has 0 aliphatic carbocycles. The molecule has 52 heavy (non-hydrogen) atoms. The minimum atomic E-state index is 1.20. The van der Waals surface area contributed by atoms with Crippen LogP contribution >= 0.6 is 0 Å². The number of fused-ring (bicyclic) bond motifs is 5. The topological polar surface area (TPSA) is 0 Å². The van der Waals surface area contributed by atoms with Crippen LogP contribution in [0.5, 0.6) is 0 Å². The third-order valence-corrected chi connectivity index (χ3v) is 10.6. The van der Waals surface area contributed by atoms with Gasteiger partial charge in [0.05, 0.1) is 0 Å². The first-order valence-corrected chi connectivity index (χ1v) is 18.0. The Hall–Kier alpha value is -6.76. The smallest absolute Gasteiger partial charge is 0.00261 e. The van der Waals surface area contributed by atoms with E-state index >= 15 is 0 Å². The highest BCUT2D eigenvalue weighted by Gasteiger charge is 2.19. The van der Waals surface area contributed by atoms with Gasteiger partial charge < -0.3 is 0 Å². The maximum Gasteiger partial charge on any atom is -0.00261 e. The van der Waals surface area contributed by atoms with Crippen LogP contribution < -0.4 is 0 Å². The van der Waals surface area contributed by atoms with Crippen molar-refractivity contribution in [3.63, 3.8) is 0 Å². The summed E-state index contributed by atoms with van der Waals surface area (Å²) < 4.78 is 0. The van der Waals surface area contributed by atoms with Crippen LogP contribution in [-0.4, -0.2) is 0 Å². The third kappa shape index (κ3) is 5.00. The zero-order chi connectivity index (χ0) is 34.4. The molecular weight excluding hydrogens is 625 g/mol. The monoisotopic (exact) mass is 658 g/mol. The lowest BCUT2D eigenvalue weighted by Crippen LogP contribution is -1.93. The van der Waals surface area contributed by atoms with Crippen LogP contribution in [0.25, 0.3) is 98.7 Å². The van der Waals surface area contributed by atoms with Gasteiger partial charge >= 0.3 is 0 Å². The molecule has 10 aromatic rings. The van der Waals surface area contributed by atoms with E-state index in [0.29, 0.717) is 0 Å². The van der Waals surface area contributed by atoms with E-state index in [1.165, 1.54) is 98.7 Å². The van der Waals surface area contributed by atoms with Crippen LogP contribution in [0.1, 0.15) is 0 Å². The Balaban J connectivity index is 1.30. The quantitative estimate of drug-likeness (QED) is 0.128. The van der Waals surface area contributed by atoms with Gasteiger partial charge in [-0.1, -0.05) is 188 Å². The SMILES string of the molecule is c1ccc(-c2cccc(-c3ccc(-c4c5ccccc5c(-c5ccccc5)c5ccccc45)cc3-c3cc4ccccc4c4ccccc34)c2)cc1. The van der Waals surface area contributed by atoms with Crippen LogP contribution in [0.2, 0.25) is 0 Å². The zero-order valence-corrected chi connectivity index (χ0v) is 28.6. The Morgan fingerprint density at radius 3 is 1.33 bits per heavy atom. The van der Waals surface area contributed by atoms with E-state index in [4.69, 9.17) is 0 Å². The van der Waals surface area contributed by atoms with E-state index in [9.17, 15) is 0 Å².